The summed E-state index contributed by atoms with van der Waals surface area (Å²) in [6.07, 6.45) is 0. The Morgan fingerprint density at radius 1 is 1.37 bits per heavy atom. The number of aromatic nitrogens is 3. The van der Waals surface area contributed by atoms with Gasteiger partial charge < -0.3 is 5.32 Å². The normalized spacial score (nSPS) is 15.3. The van der Waals surface area contributed by atoms with Crippen molar-refractivity contribution in [2.24, 2.45) is 0 Å². The van der Waals surface area contributed by atoms with Crippen LogP contribution in [-0.4, -0.2) is 61.2 Å². The molecule has 3 amide bonds. The number of H-pyrrole nitrogens is 1. The number of hydrogen-bond donors (Lipinski definition) is 2. The summed E-state index contributed by atoms with van der Waals surface area (Å²) in [5.41, 5.74) is 2.09. The highest BCUT2D eigenvalue weighted by molar-refractivity contribution is 8.14. The van der Waals surface area contributed by atoms with Crippen LogP contribution in [0.2, 0.25) is 0 Å². The molecule has 27 heavy (non-hydrogen) atoms. The molecule has 2 aromatic rings. The zero-order chi connectivity index (χ0) is 19.4. The van der Waals surface area contributed by atoms with Crippen molar-refractivity contribution < 1.29 is 14.4 Å². The summed E-state index contributed by atoms with van der Waals surface area (Å²) in [5, 5.41) is 9.57. The lowest BCUT2D eigenvalue weighted by atomic mass is 10.1. The maximum atomic E-state index is 12.2. The van der Waals surface area contributed by atoms with Crippen LogP contribution in [0.15, 0.2) is 29.4 Å². The van der Waals surface area contributed by atoms with Crippen molar-refractivity contribution in [3.63, 3.8) is 0 Å². The number of carbonyl (C=O) groups is 3. The van der Waals surface area contributed by atoms with Crippen molar-refractivity contribution in [1.82, 2.24) is 25.4 Å². The van der Waals surface area contributed by atoms with Crippen LogP contribution in [0, 0.1) is 6.92 Å². The number of hydrogen-bond acceptors (Lipinski definition) is 7. The van der Waals surface area contributed by atoms with Gasteiger partial charge in [-0.05, 0) is 13.8 Å². The third-order valence-electron chi connectivity index (χ3n) is 3.92. The summed E-state index contributed by atoms with van der Waals surface area (Å²) in [4.78, 5) is 40.8. The van der Waals surface area contributed by atoms with Gasteiger partial charge in [-0.25, -0.2) is 4.98 Å². The Morgan fingerprint density at radius 3 is 2.78 bits per heavy atom. The van der Waals surface area contributed by atoms with E-state index in [1.165, 1.54) is 11.8 Å². The number of nitrogens with zero attached hydrogens (tertiary/aromatic N) is 3. The molecule has 1 fully saturated rings. The monoisotopic (exact) mass is 405 g/mol. The van der Waals surface area contributed by atoms with Crippen molar-refractivity contribution >= 4 is 40.6 Å². The number of carbonyl (C=O) groups excluding carboxylic acids is 3. The van der Waals surface area contributed by atoms with Gasteiger partial charge in [-0.1, -0.05) is 53.4 Å². The Kier molecular flexibility index (Phi) is 6.17. The van der Waals surface area contributed by atoms with E-state index in [1.807, 2.05) is 31.2 Å². The Balaban J connectivity index is 1.49. The quantitative estimate of drug-likeness (QED) is 0.679. The van der Waals surface area contributed by atoms with Gasteiger partial charge in [0, 0.05) is 18.7 Å². The zero-order valence-electron chi connectivity index (χ0n) is 14.9. The first-order valence-electron chi connectivity index (χ1n) is 8.35. The van der Waals surface area contributed by atoms with Gasteiger partial charge in [0.15, 0.2) is 5.82 Å². The molecular weight excluding hydrogens is 386 g/mol. The molecule has 1 aromatic heterocycles. The lowest BCUT2D eigenvalue weighted by Gasteiger charge is -2.14. The van der Waals surface area contributed by atoms with E-state index >= 15 is 0 Å². The second-order valence-corrected chi connectivity index (χ2v) is 8.22. The van der Waals surface area contributed by atoms with Crippen LogP contribution in [0.1, 0.15) is 12.5 Å². The molecule has 0 aliphatic carbocycles. The average Bonchev–Trinajstić information content (AvgIpc) is 3.23. The number of amides is 3. The second-order valence-electron chi connectivity index (χ2n) is 5.98. The molecule has 1 aliphatic heterocycles. The number of aromatic amines is 1. The summed E-state index contributed by atoms with van der Waals surface area (Å²) in [5.74, 6) is 0.404. The number of benzene rings is 1. The van der Waals surface area contributed by atoms with Gasteiger partial charge in [0.1, 0.15) is 0 Å². The molecule has 142 valence electrons. The lowest BCUT2D eigenvalue weighted by Crippen LogP contribution is -2.39. The summed E-state index contributed by atoms with van der Waals surface area (Å²) in [6.45, 7) is 4.18. The third-order valence-corrected chi connectivity index (χ3v) is 5.74. The fourth-order valence-corrected chi connectivity index (χ4v) is 3.88. The molecule has 0 radical (unpaired) electrons. The molecule has 1 aromatic carbocycles. The van der Waals surface area contributed by atoms with Crippen molar-refractivity contribution in [2.75, 3.05) is 18.8 Å². The first-order valence-corrected chi connectivity index (χ1v) is 10.2. The zero-order valence-corrected chi connectivity index (χ0v) is 16.5. The van der Waals surface area contributed by atoms with Gasteiger partial charge in [0.05, 0.1) is 11.0 Å². The smallest absolute Gasteiger partial charge is 0.288 e. The minimum absolute atomic E-state index is 0.174. The summed E-state index contributed by atoms with van der Waals surface area (Å²) < 4.78 is 0. The van der Waals surface area contributed by atoms with Crippen molar-refractivity contribution in [3.05, 3.63) is 29.8 Å². The van der Waals surface area contributed by atoms with E-state index in [4.69, 9.17) is 0 Å². The molecule has 1 atom stereocenters. The Bertz CT molecular complexity index is 837. The predicted molar refractivity (Wildman–Crippen MR) is 104 cm³/mol. The Hall–Kier alpha value is -2.33. The SMILES string of the molecule is Cc1ccc(-c2nc(S[C@H](C)C(=O)NCCN3C(=O)CSC3=O)n[nH]2)cc1. The highest BCUT2D eigenvalue weighted by Crippen LogP contribution is 2.23. The molecule has 0 spiro atoms. The van der Waals surface area contributed by atoms with Gasteiger partial charge in [0.25, 0.3) is 5.24 Å². The van der Waals surface area contributed by atoms with Crippen molar-refractivity contribution in [1.29, 1.82) is 0 Å². The van der Waals surface area contributed by atoms with E-state index in [9.17, 15) is 14.4 Å². The minimum atomic E-state index is -0.411. The third kappa shape index (κ3) is 4.89. The van der Waals surface area contributed by atoms with Gasteiger partial charge in [-0.2, -0.15) is 0 Å². The number of imide groups is 1. The summed E-state index contributed by atoms with van der Waals surface area (Å²) in [7, 11) is 0. The molecule has 2 N–H and O–H groups in total. The summed E-state index contributed by atoms with van der Waals surface area (Å²) >= 11 is 2.22. The first-order chi connectivity index (χ1) is 12.9. The molecule has 10 heteroatoms. The standard InChI is InChI=1S/C17H19N5O3S2/c1-10-3-5-12(6-4-10)14-19-16(21-20-14)27-11(2)15(24)18-7-8-22-13(23)9-26-17(22)25/h3-6,11H,7-9H2,1-2H3,(H,18,24)(H,19,20,21)/t11-/m1/s1. The largest absolute Gasteiger partial charge is 0.353 e. The number of thioether (sulfide) groups is 2. The van der Waals surface area contributed by atoms with E-state index in [1.54, 1.807) is 6.92 Å². The van der Waals surface area contributed by atoms with Crippen LogP contribution in [0.5, 0.6) is 0 Å². The van der Waals surface area contributed by atoms with E-state index in [0.29, 0.717) is 11.0 Å². The Labute approximate surface area is 164 Å². The molecule has 0 bridgehead atoms. The Morgan fingerprint density at radius 2 is 2.11 bits per heavy atom. The first kappa shape index (κ1) is 19.4. The molecule has 2 heterocycles. The van der Waals surface area contributed by atoms with Gasteiger partial charge in [-0.15, -0.1) is 5.10 Å². The van der Waals surface area contributed by atoms with Crippen LogP contribution in [0.4, 0.5) is 4.79 Å². The van der Waals surface area contributed by atoms with Crippen LogP contribution in [0.25, 0.3) is 11.4 Å². The van der Waals surface area contributed by atoms with Crippen LogP contribution >= 0.6 is 23.5 Å². The maximum Gasteiger partial charge on any atom is 0.288 e. The molecule has 0 unspecified atom stereocenters. The van der Waals surface area contributed by atoms with Crippen LogP contribution in [-0.2, 0) is 9.59 Å². The van der Waals surface area contributed by atoms with Crippen molar-refractivity contribution in [3.8, 4) is 11.4 Å². The lowest BCUT2D eigenvalue weighted by molar-refractivity contribution is -0.125. The maximum absolute atomic E-state index is 12.2. The minimum Gasteiger partial charge on any atom is -0.353 e. The van der Waals surface area contributed by atoms with E-state index in [0.717, 1.165) is 27.8 Å². The molecule has 1 aliphatic rings. The summed E-state index contributed by atoms with van der Waals surface area (Å²) in [6, 6.07) is 7.91. The fourth-order valence-electron chi connectivity index (χ4n) is 2.38. The van der Waals surface area contributed by atoms with Crippen LogP contribution < -0.4 is 5.32 Å². The van der Waals surface area contributed by atoms with Gasteiger partial charge >= 0.3 is 0 Å². The molecule has 3 rings (SSSR count). The second kappa shape index (κ2) is 8.57. The van der Waals surface area contributed by atoms with E-state index in [-0.39, 0.29) is 35.9 Å². The van der Waals surface area contributed by atoms with Gasteiger partial charge in [-0.3, -0.25) is 24.4 Å². The molecule has 0 saturated carbocycles. The highest BCUT2D eigenvalue weighted by atomic mass is 32.2. The van der Waals surface area contributed by atoms with Crippen molar-refractivity contribution in [2.45, 2.75) is 24.3 Å². The number of aryl methyl sites for hydroxylation is 1. The molecular formula is C17H19N5O3S2. The van der Waals surface area contributed by atoms with Gasteiger partial charge in [0.2, 0.25) is 17.0 Å². The van der Waals surface area contributed by atoms with E-state index < -0.39 is 5.25 Å². The number of rotatable bonds is 7. The average molecular weight is 406 g/mol. The number of nitrogens with one attached hydrogen (secondary N) is 2. The van der Waals surface area contributed by atoms with Crippen LogP contribution in [0.3, 0.4) is 0 Å². The fraction of sp³-hybridized carbons (Fsp3) is 0.353. The topological polar surface area (TPSA) is 108 Å². The highest BCUT2D eigenvalue weighted by Gasteiger charge is 2.29. The van der Waals surface area contributed by atoms with E-state index in [2.05, 4.69) is 20.5 Å². The molecule has 8 nitrogen and oxygen atoms in total. The predicted octanol–water partition coefficient (Wildman–Crippen LogP) is 2.07. The molecule has 1 saturated heterocycles.